The van der Waals surface area contributed by atoms with Crippen molar-refractivity contribution in [2.75, 3.05) is 0 Å². The number of para-hydroxylation sites is 1. The first-order chi connectivity index (χ1) is 17.7. The summed E-state index contributed by atoms with van der Waals surface area (Å²) in [6.45, 7) is 5.10. The second-order valence-corrected chi connectivity index (χ2v) is 9.93. The molecule has 2 aliphatic rings. The zero-order valence-electron chi connectivity index (χ0n) is 20.9. The number of H-pyrrole nitrogens is 1. The molecule has 0 saturated carbocycles. The number of aromatic amines is 1. The molecule has 0 saturated heterocycles. The fourth-order valence-electron chi connectivity index (χ4n) is 5.45. The molecule has 5 rings (SSSR count). The van der Waals surface area contributed by atoms with Crippen LogP contribution in [-0.2, 0) is 20.8 Å². The van der Waals surface area contributed by atoms with Crippen LogP contribution in [0.5, 0.6) is 0 Å². The molecule has 3 amide bonds. The number of nitrogens with one attached hydrogen (secondary N) is 3. The van der Waals surface area contributed by atoms with Gasteiger partial charge in [0.05, 0.1) is 6.04 Å². The van der Waals surface area contributed by atoms with Gasteiger partial charge in [0.1, 0.15) is 18.1 Å². The van der Waals surface area contributed by atoms with E-state index in [-0.39, 0.29) is 11.8 Å². The predicted octanol–water partition coefficient (Wildman–Crippen LogP) is 2.76. The molecule has 2 aromatic carbocycles. The Bertz CT molecular complexity index is 1410. The van der Waals surface area contributed by atoms with Crippen LogP contribution in [0.15, 0.2) is 48.5 Å². The predicted molar refractivity (Wildman–Crippen MR) is 137 cm³/mol. The van der Waals surface area contributed by atoms with Crippen molar-refractivity contribution in [2.24, 2.45) is 5.92 Å². The Morgan fingerprint density at radius 1 is 1.08 bits per heavy atom. The van der Waals surface area contributed by atoms with E-state index in [0.717, 1.165) is 27.7 Å². The van der Waals surface area contributed by atoms with Gasteiger partial charge in [0.25, 0.3) is 5.91 Å². The number of fused-ring (bicyclic) bond motifs is 7. The lowest BCUT2D eigenvalue weighted by atomic mass is 9.89. The van der Waals surface area contributed by atoms with Crippen LogP contribution >= 0.6 is 0 Å². The topological polar surface area (TPSA) is 132 Å². The van der Waals surface area contributed by atoms with Crippen molar-refractivity contribution in [1.82, 2.24) is 20.5 Å². The van der Waals surface area contributed by atoms with Crippen molar-refractivity contribution in [1.29, 1.82) is 0 Å². The standard InChI is InChI=1S/C28H30N4O5/c1-4-14(2)22(26(34)29-15(3)28(36)37)31-25(33)21-13-19-16-9-7-8-12-20(16)30-23(19)24-17-10-5-6-11-18(17)27(35)32(21)24/h5-12,14-15,21-22,24,30H,4,13H2,1-3H3,(H,29,34)(H,31,33)(H,36,37)/t14-,15-,21-,22-,24-/m0/s1. The van der Waals surface area contributed by atoms with Crippen molar-refractivity contribution in [3.63, 3.8) is 0 Å². The van der Waals surface area contributed by atoms with E-state index in [4.69, 9.17) is 0 Å². The average molecular weight is 503 g/mol. The second-order valence-electron chi connectivity index (χ2n) is 9.93. The van der Waals surface area contributed by atoms with Crippen LogP contribution in [0, 0.1) is 5.92 Å². The van der Waals surface area contributed by atoms with E-state index in [1.54, 1.807) is 11.0 Å². The molecule has 9 heteroatoms. The van der Waals surface area contributed by atoms with Crippen LogP contribution in [0.4, 0.5) is 0 Å². The fraction of sp³-hybridized carbons (Fsp3) is 0.357. The largest absolute Gasteiger partial charge is 0.480 e. The van der Waals surface area contributed by atoms with Crippen molar-refractivity contribution in [2.45, 2.75) is 57.8 Å². The van der Waals surface area contributed by atoms with Crippen LogP contribution in [0.25, 0.3) is 10.9 Å². The molecule has 5 atom stereocenters. The van der Waals surface area contributed by atoms with E-state index >= 15 is 0 Å². The van der Waals surface area contributed by atoms with Crippen molar-refractivity contribution in [3.8, 4) is 0 Å². The van der Waals surface area contributed by atoms with Crippen molar-refractivity contribution >= 4 is 34.6 Å². The molecular formula is C28H30N4O5. The Balaban J connectivity index is 1.53. The van der Waals surface area contributed by atoms with Gasteiger partial charge in [0.15, 0.2) is 0 Å². The second kappa shape index (κ2) is 9.38. The maximum absolute atomic E-state index is 13.8. The summed E-state index contributed by atoms with van der Waals surface area (Å²) in [6, 6.07) is 11.9. The third kappa shape index (κ3) is 4.04. The minimum Gasteiger partial charge on any atom is -0.480 e. The number of aromatic nitrogens is 1. The van der Waals surface area contributed by atoms with Gasteiger partial charge in [0, 0.05) is 28.6 Å². The Hall–Kier alpha value is -4.14. The molecule has 0 bridgehead atoms. The molecule has 0 spiro atoms. The molecule has 3 aromatic rings. The summed E-state index contributed by atoms with van der Waals surface area (Å²) < 4.78 is 0. The smallest absolute Gasteiger partial charge is 0.325 e. The van der Waals surface area contributed by atoms with E-state index in [2.05, 4.69) is 15.6 Å². The molecule has 4 N–H and O–H groups in total. The van der Waals surface area contributed by atoms with Gasteiger partial charge in [-0.1, -0.05) is 56.7 Å². The van der Waals surface area contributed by atoms with Crippen molar-refractivity contribution < 1.29 is 24.3 Å². The Morgan fingerprint density at radius 3 is 2.51 bits per heavy atom. The van der Waals surface area contributed by atoms with E-state index in [1.165, 1.54) is 6.92 Å². The molecule has 3 heterocycles. The van der Waals surface area contributed by atoms with Crippen LogP contribution in [0.2, 0.25) is 0 Å². The summed E-state index contributed by atoms with van der Waals surface area (Å²) in [4.78, 5) is 56.8. The Labute approximate surface area is 214 Å². The summed E-state index contributed by atoms with van der Waals surface area (Å²) in [6.07, 6.45) is 0.884. The quantitative estimate of drug-likeness (QED) is 0.395. The molecule has 0 fully saturated rings. The van der Waals surface area contributed by atoms with Gasteiger partial charge in [0.2, 0.25) is 11.8 Å². The fourth-order valence-corrected chi connectivity index (χ4v) is 5.45. The number of carboxylic acids is 1. The van der Waals surface area contributed by atoms with Crippen molar-refractivity contribution in [3.05, 3.63) is 70.9 Å². The van der Waals surface area contributed by atoms with Gasteiger partial charge in [-0.05, 0) is 36.1 Å². The number of carboxylic acid groups (broad SMARTS) is 1. The Kier molecular flexibility index (Phi) is 6.23. The minimum atomic E-state index is -1.16. The van der Waals surface area contributed by atoms with Crippen LogP contribution < -0.4 is 10.6 Å². The summed E-state index contributed by atoms with van der Waals surface area (Å²) in [5.41, 5.74) is 4.21. The van der Waals surface area contributed by atoms with Gasteiger partial charge in [-0.3, -0.25) is 19.2 Å². The maximum Gasteiger partial charge on any atom is 0.325 e. The van der Waals surface area contributed by atoms with E-state index < -0.39 is 42.0 Å². The summed E-state index contributed by atoms with van der Waals surface area (Å²) in [5, 5.41) is 15.6. The number of nitrogens with zero attached hydrogens (tertiary/aromatic N) is 1. The van der Waals surface area contributed by atoms with Gasteiger partial charge in [-0.25, -0.2) is 0 Å². The number of hydrogen-bond acceptors (Lipinski definition) is 4. The molecule has 0 radical (unpaired) electrons. The molecule has 9 nitrogen and oxygen atoms in total. The molecule has 0 unspecified atom stereocenters. The van der Waals surface area contributed by atoms with E-state index in [1.807, 2.05) is 56.3 Å². The van der Waals surface area contributed by atoms with Gasteiger partial charge in [-0.15, -0.1) is 0 Å². The molecule has 37 heavy (non-hydrogen) atoms. The Morgan fingerprint density at radius 2 is 1.78 bits per heavy atom. The van der Waals surface area contributed by atoms with E-state index in [9.17, 15) is 24.3 Å². The number of hydrogen-bond donors (Lipinski definition) is 4. The zero-order valence-corrected chi connectivity index (χ0v) is 20.9. The third-order valence-corrected chi connectivity index (χ3v) is 7.68. The number of amides is 3. The first-order valence-corrected chi connectivity index (χ1v) is 12.6. The van der Waals surface area contributed by atoms with Gasteiger partial charge >= 0.3 is 5.97 Å². The molecule has 2 aliphatic heterocycles. The summed E-state index contributed by atoms with van der Waals surface area (Å²) in [7, 11) is 0. The van der Waals surface area contributed by atoms with Gasteiger partial charge in [-0.2, -0.15) is 0 Å². The van der Waals surface area contributed by atoms with E-state index in [0.29, 0.717) is 18.4 Å². The number of carbonyl (C=O) groups is 4. The lowest BCUT2D eigenvalue weighted by Gasteiger charge is -2.38. The maximum atomic E-state index is 13.8. The lowest BCUT2D eigenvalue weighted by Crippen LogP contribution is -2.59. The minimum absolute atomic E-state index is 0.228. The zero-order chi connectivity index (χ0) is 26.4. The highest BCUT2D eigenvalue weighted by Gasteiger charge is 2.49. The average Bonchev–Trinajstić information content (AvgIpc) is 3.41. The molecule has 0 aliphatic carbocycles. The number of rotatable bonds is 7. The van der Waals surface area contributed by atoms with Gasteiger partial charge < -0.3 is 25.6 Å². The highest BCUT2D eigenvalue weighted by atomic mass is 16.4. The number of carbonyl (C=O) groups excluding carboxylic acids is 3. The lowest BCUT2D eigenvalue weighted by molar-refractivity contribution is -0.142. The highest BCUT2D eigenvalue weighted by molar-refractivity contribution is 6.04. The third-order valence-electron chi connectivity index (χ3n) is 7.68. The molecule has 192 valence electrons. The number of aliphatic carboxylic acids is 1. The summed E-state index contributed by atoms with van der Waals surface area (Å²) in [5.74, 6) is -2.64. The normalized spacial score (nSPS) is 20.4. The first-order valence-electron chi connectivity index (χ1n) is 12.6. The number of benzene rings is 2. The SMILES string of the molecule is CC[C@H](C)[C@H](NC(=O)[C@@H]1Cc2c([nH]c3ccccc23)[C@@H]2c3ccccc3C(=O)N21)C(=O)N[C@@H](C)C(=O)O. The van der Waals surface area contributed by atoms with Crippen LogP contribution in [0.1, 0.15) is 60.4 Å². The first kappa shape index (κ1) is 24.5. The highest BCUT2D eigenvalue weighted by Crippen LogP contribution is 2.46. The van der Waals surface area contributed by atoms with Crippen LogP contribution in [-0.4, -0.2) is 56.8 Å². The molecular weight excluding hydrogens is 472 g/mol. The molecule has 1 aromatic heterocycles. The summed E-state index contributed by atoms with van der Waals surface area (Å²) >= 11 is 0. The van der Waals surface area contributed by atoms with Crippen LogP contribution in [0.3, 0.4) is 0 Å². The monoisotopic (exact) mass is 502 g/mol.